The van der Waals surface area contributed by atoms with Crippen molar-refractivity contribution in [3.8, 4) is 5.75 Å². The number of nitrogens with one attached hydrogen (secondary N) is 1. The van der Waals surface area contributed by atoms with E-state index in [9.17, 15) is 9.59 Å². The van der Waals surface area contributed by atoms with Gasteiger partial charge in [-0.15, -0.1) is 0 Å². The van der Waals surface area contributed by atoms with Gasteiger partial charge in [-0.3, -0.25) is 9.59 Å². The molecule has 2 heterocycles. The summed E-state index contributed by atoms with van der Waals surface area (Å²) in [6.07, 6.45) is 0.669. The molecule has 1 N–H and O–H groups in total. The number of carbonyl (C=O) groups excluding carboxylic acids is 2. The Hall–Kier alpha value is -3.62. The fraction of sp³-hybridized carbons (Fsp3) is 0.214. The summed E-state index contributed by atoms with van der Waals surface area (Å²) >= 11 is 7.43. The van der Waals surface area contributed by atoms with E-state index in [0.29, 0.717) is 28.0 Å². The number of aliphatic imine (C=N–C) groups is 1. The zero-order valence-corrected chi connectivity index (χ0v) is 21.9. The van der Waals surface area contributed by atoms with Gasteiger partial charge in [-0.25, -0.2) is 5.01 Å². The molecule has 9 heteroatoms. The highest BCUT2D eigenvalue weighted by Gasteiger charge is 2.39. The topological polar surface area (TPSA) is 83.4 Å². The van der Waals surface area contributed by atoms with Crippen molar-refractivity contribution in [2.75, 3.05) is 12.4 Å². The zero-order chi connectivity index (χ0) is 25.9. The van der Waals surface area contributed by atoms with E-state index in [-0.39, 0.29) is 24.3 Å². The molecule has 3 aromatic rings. The Morgan fingerprint density at radius 1 is 1.14 bits per heavy atom. The molecule has 188 valence electrons. The highest BCUT2D eigenvalue weighted by atomic mass is 35.5. The summed E-state index contributed by atoms with van der Waals surface area (Å²) in [6.45, 7) is 2.05. The summed E-state index contributed by atoms with van der Waals surface area (Å²) < 4.78 is 5.15. The maximum atomic E-state index is 12.8. The summed E-state index contributed by atoms with van der Waals surface area (Å²) in [5, 5.41) is 9.78. The van der Waals surface area contributed by atoms with Crippen molar-refractivity contribution >= 4 is 51.7 Å². The van der Waals surface area contributed by atoms with Gasteiger partial charge in [0.1, 0.15) is 11.0 Å². The van der Waals surface area contributed by atoms with Gasteiger partial charge >= 0.3 is 0 Å². The molecule has 37 heavy (non-hydrogen) atoms. The number of nitrogens with zero attached hydrogens (tertiary/aromatic N) is 3. The van der Waals surface area contributed by atoms with Crippen LogP contribution in [0.1, 0.15) is 35.6 Å². The van der Waals surface area contributed by atoms with Crippen molar-refractivity contribution in [2.45, 2.75) is 31.1 Å². The van der Waals surface area contributed by atoms with Crippen LogP contribution in [0.2, 0.25) is 5.02 Å². The van der Waals surface area contributed by atoms with Gasteiger partial charge in [0.05, 0.1) is 23.9 Å². The number of hydrogen-bond acceptors (Lipinski definition) is 6. The number of hydrazone groups is 1. The minimum atomic E-state index is -0.626. The van der Waals surface area contributed by atoms with Crippen LogP contribution in [0.25, 0.3) is 0 Å². The van der Waals surface area contributed by atoms with Crippen LogP contribution in [0.4, 0.5) is 5.69 Å². The number of methoxy groups -OCH3 is 1. The second-order valence-corrected chi connectivity index (χ2v) is 10.4. The van der Waals surface area contributed by atoms with Crippen molar-refractivity contribution in [2.24, 2.45) is 10.1 Å². The number of anilines is 1. The highest BCUT2D eigenvalue weighted by molar-refractivity contribution is 8.15. The Labute approximate surface area is 224 Å². The molecule has 0 bridgehead atoms. The van der Waals surface area contributed by atoms with Gasteiger partial charge in [0.15, 0.2) is 5.17 Å². The fourth-order valence-corrected chi connectivity index (χ4v) is 5.59. The van der Waals surface area contributed by atoms with Crippen molar-refractivity contribution in [1.29, 1.82) is 0 Å². The number of halogens is 1. The predicted octanol–water partition coefficient (Wildman–Crippen LogP) is 5.83. The first kappa shape index (κ1) is 25.0. The first-order valence-electron chi connectivity index (χ1n) is 11.8. The van der Waals surface area contributed by atoms with E-state index in [2.05, 4.69) is 46.7 Å². The maximum Gasteiger partial charge on any atom is 0.262 e. The molecule has 2 aliphatic heterocycles. The van der Waals surface area contributed by atoms with E-state index in [1.807, 2.05) is 30.1 Å². The molecule has 0 aliphatic carbocycles. The quantitative estimate of drug-likeness (QED) is 0.431. The normalized spacial score (nSPS) is 19.0. The third-order valence-electron chi connectivity index (χ3n) is 6.21. The largest absolute Gasteiger partial charge is 0.495 e. The van der Waals surface area contributed by atoms with Gasteiger partial charge in [-0.05, 0) is 36.2 Å². The van der Waals surface area contributed by atoms with Crippen LogP contribution in [-0.2, 0) is 9.59 Å². The molecular weight excluding hydrogens is 508 g/mol. The maximum absolute atomic E-state index is 12.8. The summed E-state index contributed by atoms with van der Waals surface area (Å²) in [5.41, 5.74) is 4.77. The van der Waals surface area contributed by atoms with E-state index in [0.717, 1.165) is 16.8 Å². The molecule has 0 saturated heterocycles. The van der Waals surface area contributed by atoms with Gasteiger partial charge in [0.2, 0.25) is 5.91 Å². The van der Waals surface area contributed by atoms with E-state index >= 15 is 0 Å². The molecule has 0 unspecified atom stereocenters. The first-order chi connectivity index (χ1) is 17.9. The van der Waals surface area contributed by atoms with Crippen molar-refractivity contribution in [3.63, 3.8) is 0 Å². The van der Waals surface area contributed by atoms with Crippen molar-refractivity contribution < 1.29 is 14.3 Å². The number of rotatable bonds is 6. The van der Waals surface area contributed by atoms with Crippen LogP contribution in [0.15, 0.2) is 82.9 Å². The lowest BCUT2D eigenvalue weighted by molar-refractivity contribution is -0.121. The first-order valence-corrected chi connectivity index (χ1v) is 13.1. The smallest absolute Gasteiger partial charge is 0.262 e. The molecule has 0 fully saturated rings. The molecule has 2 aliphatic rings. The van der Waals surface area contributed by atoms with Crippen LogP contribution in [0, 0.1) is 6.92 Å². The van der Waals surface area contributed by atoms with Crippen LogP contribution < -0.4 is 10.1 Å². The summed E-state index contributed by atoms with van der Waals surface area (Å²) in [6, 6.07) is 23.2. The van der Waals surface area contributed by atoms with Gasteiger partial charge in [0.25, 0.3) is 5.91 Å². The molecule has 0 spiro atoms. The predicted molar refractivity (Wildman–Crippen MR) is 148 cm³/mol. The number of carbonyl (C=O) groups is 2. The second-order valence-electron chi connectivity index (χ2n) is 8.83. The number of hydrogen-bond donors (Lipinski definition) is 1. The molecule has 2 amide bonds. The summed E-state index contributed by atoms with van der Waals surface area (Å²) in [5.74, 6) is -0.120. The Morgan fingerprint density at radius 3 is 2.59 bits per heavy atom. The van der Waals surface area contributed by atoms with Crippen LogP contribution >= 0.6 is 23.4 Å². The van der Waals surface area contributed by atoms with Gasteiger partial charge < -0.3 is 10.1 Å². The van der Waals surface area contributed by atoms with Gasteiger partial charge in [-0.1, -0.05) is 83.5 Å². The molecule has 0 radical (unpaired) electrons. The van der Waals surface area contributed by atoms with Crippen LogP contribution in [-0.4, -0.2) is 40.1 Å². The standard InChI is InChI=1S/C28H25ClN4O3S/c1-17-8-10-18(11-9-17)22-15-23(19-6-4-3-5-7-19)33(32-22)28-31-27(35)25(37-28)16-26(34)30-20-12-13-24(36-2)21(29)14-20/h3-14,23,25H,15-16H2,1-2H3,(H,30,34)/t23-,25+/m0/s1. The average Bonchev–Trinajstić information content (AvgIpc) is 3.49. The minimum Gasteiger partial charge on any atom is -0.495 e. The van der Waals surface area contributed by atoms with Crippen molar-refractivity contribution in [3.05, 3.63) is 94.5 Å². The number of benzene rings is 3. The van der Waals surface area contributed by atoms with Crippen molar-refractivity contribution in [1.82, 2.24) is 5.01 Å². The second kappa shape index (κ2) is 10.8. The van der Waals surface area contributed by atoms with E-state index in [4.69, 9.17) is 21.4 Å². The van der Waals surface area contributed by atoms with Crippen LogP contribution in [0.5, 0.6) is 5.75 Å². The SMILES string of the molecule is COc1ccc(NC(=O)C[C@H]2SC(N3N=C(c4ccc(C)cc4)C[C@H]3c3ccccc3)=NC2=O)cc1Cl. The van der Waals surface area contributed by atoms with Gasteiger partial charge in [0, 0.05) is 18.5 Å². The fourth-order valence-electron chi connectivity index (χ4n) is 4.27. The Morgan fingerprint density at radius 2 is 1.89 bits per heavy atom. The lowest BCUT2D eigenvalue weighted by Crippen LogP contribution is -2.25. The summed E-state index contributed by atoms with van der Waals surface area (Å²) in [7, 11) is 1.52. The zero-order valence-electron chi connectivity index (χ0n) is 20.3. The lowest BCUT2D eigenvalue weighted by atomic mass is 9.98. The molecule has 0 saturated carbocycles. The van der Waals surface area contributed by atoms with Crippen LogP contribution in [0.3, 0.4) is 0 Å². The molecular formula is C28H25ClN4O3S. The molecule has 2 atom stereocenters. The number of aryl methyl sites for hydroxylation is 1. The monoisotopic (exact) mass is 532 g/mol. The third-order valence-corrected chi connectivity index (χ3v) is 7.65. The highest BCUT2D eigenvalue weighted by Crippen LogP contribution is 2.38. The molecule has 3 aromatic carbocycles. The average molecular weight is 533 g/mol. The third kappa shape index (κ3) is 5.55. The number of amidine groups is 1. The minimum absolute atomic E-state index is 0.0154. The Bertz CT molecular complexity index is 1390. The molecule has 0 aromatic heterocycles. The summed E-state index contributed by atoms with van der Waals surface area (Å²) in [4.78, 5) is 29.8. The molecule has 7 nitrogen and oxygen atoms in total. The Kier molecular flexibility index (Phi) is 7.30. The van der Waals surface area contributed by atoms with E-state index in [1.165, 1.54) is 24.4 Å². The van der Waals surface area contributed by atoms with E-state index in [1.54, 1.807) is 18.2 Å². The Balaban J connectivity index is 1.32. The number of amides is 2. The number of ether oxygens (including phenoxy) is 1. The van der Waals surface area contributed by atoms with E-state index < -0.39 is 5.25 Å². The number of thioether (sulfide) groups is 1. The van der Waals surface area contributed by atoms with Gasteiger partial charge in [-0.2, -0.15) is 10.1 Å². The molecule has 5 rings (SSSR count). The lowest BCUT2D eigenvalue weighted by Gasteiger charge is -2.23.